The number of sulfonamides is 1. The summed E-state index contributed by atoms with van der Waals surface area (Å²) in [6, 6.07) is 9.06. The molecule has 0 fully saturated rings. The van der Waals surface area contributed by atoms with E-state index in [2.05, 4.69) is 5.32 Å². The molecule has 2 aromatic carbocycles. The third-order valence-corrected chi connectivity index (χ3v) is 4.75. The fourth-order valence-electron chi connectivity index (χ4n) is 2.45. The largest absolute Gasteiger partial charge is 0.454 e. The van der Waals surface area contributed by atoms with Crippen LogP contribution in [0, 0.1) is 21.4 Å². The van der Waals surface area contributed by atoms with Crippen molar-refractivity contribution >= 4 is 33.4 Å². The van der Waals surface area contributed by atoms with E-state index in [1.54, 1.807) is 6.07 Å². The Kier molecular flexibility index (Phi) is 5.18. The molecule has 1 aliphatic rings. The second-order valence-electron chi connectivity index (χ2n) is 5.71. The molecule has 148 valence electrons. The number of carbonyl (C=O) groups excluding carboxylic acids is 1. The lowest BCUT2D eigenvalue weighted by Gasteiger charge is -2.06. The Labute approximate surface area is 164 Å². The molecule has 3 N–H and O–H groups in total. The number of carbonyl (C=O) groups is 1. The van der Waals surface area contributed by atoms with Crippen LogP contribution < -0.4 is 19.9 Å². The van der Waals surface area contributed by atoms with E-state index in [1.165, 1.54) is 30.3 Å². The van der Waals surface area contributed by atoms with Crippen LogP contribution in [0.4, 0.5) is 11.4 Å². The summed E-state index contributed by atoms with van der Waals surface area (Å²) in [6.07, 6.45) is 1.05. The Morgan fingerprint density at radius 3 is 2.41 bits per heavy atom. The van der Waals surface area contributed by atoms with Gasteiger partial charge >= 0.3 is 0 Å². The standard InChI is InChI=1S/C17H12N4O7S/c18-8-11(17(22)20-12-1-3-13(4-2-12)29(19,25)26)5-10-6-15-16(28-9-27-15)7-14(10)21(23)24/h1-7H,9H2,(H,20,22)(H2,19,25,26)/b11-5+. The molecule has 0 atom stereocenters. The van der Waals surface area contributed by atoms with E-state index < -0.39 is 26.4 Å². The fourth-order valence-corrected chi connectivity index (χ4v) is 2.97. The number of hydrogen-bond acceptors (Lipinski definition) is 8. The van der Waals surface area contributed by atoms with Gasteiger partial charge in [-0.2, -0.15) is 5.26 Å². The van der Waals surface area contributed by atoms with E-state index in [9.17, 15) is 28.6 Å². The summed E-state index contributed by atoms with van der Waals surface area (Å²) in [6.45, 7) is -0.0975. The SMILES string of the molecule is N#C/C(=C\c1cc2c(cc1[N+](=O)[O-])OCO2)C(=O)Nc1ccc(S(N)(=O)=O)cc1. The van der Waals surface area contributed by atoms with E-state index in [4.69, 9.17) is 14.6 Å². The van der Waals surface area contributed by atoms with Gasteiger partial charge in [-0.3, -0.25) is 14.9 Å². The zero-order chi connectivity index (χ0) is 21.2. The first-order valence-corrected chi connectivity index (χ1v) is 9.37. The van der Waals surface area contributed by atoms with Crippen LogP contribution in [-0.2, 0) is 14.8 Å². The average molecular weight is 416 g/mol. The van der Waals surface area contributed by atoms with Crippen LogP contribution in [0.2, 0.25) is 0 Å². The van der Waals surface area contributed by atoms with E-state index in [-0.39, 0.29) is 40.1 Å². The Morgan fingerprint density at radius 1 is 1.24 bits per heavy atom. The van der Waals surface area contributed by atoms with Crippen molar-refractivity contribution in [2.75, 3.05) is 12.1 Å². The fraction of sp³-hybridized carbons (Fsp3) is 0.0588. The van der Waals surface area contributed by atoms with Gasteiger partial charge in [0.2, 0.25) is 16.8 Å². The van der Waals surface area contributed by atoms with Gasteiger partial charge in [-0.1, -0.05) is 0 Å². The molecule has 0 aromatic heterocycles. The summed E-state index contributed by atoms with van der Waals surface area (Å²) in [5, 5.41) is 28.0. The monoisotopic (exact) mass is 416 g/mol. The number of hydrogen-bond donors (Lipinski definition) is 2. The number of fused-ring (bicyclic) bond motifs is 1. The third-order valence-electron chi connectivity index (χ3n) is 3.82. The van der Waals surface area contributed by atoms with Gasteiger partial charge in [0.05, 0.1) is 21.4 Å². The molecule has 1 heterocycles. The first-order valence-electron chi connectivity index (χ1n) is 7.83. The van der Waals surface area contributed by atoms with Gasteiger partial charge in [-0.25, -0.2) is 13.6 Å². The molecule has 0 unspecified atom stereocenters. The van der Waals surface area contributed by atoms with E-state index >= 15 is 0 Å². The minimum atomic E-state index is -3.89. The highest BCUT2D eigenvalue weighted by atomic mass is 32.2. The molecule has 1 amide bonds. The summed E-state index contributed by atoms with van der Waals surface area (Å²) in [5.41, 5.74) is -0.603. The summed E-state index contributed by atoms with van der Waals surface area (Å²) < 4.78 is 32.8. The van der Waals surface area contributed by atoms with Gasteiger partial charge in [-0.15, -0.1) is 0 Å². The quantitative estimate of drug-likeness (QED) is 0.319. The lowest BCUT2D eigenvalue weighted by molar-refractivity contribution is -0.385. The smallest absolute Gasteiger partial charge is 0.280 e. The van der Waals surface area contributed by atoms with Crippen molar-refractivity contribution in [1.82, 2.24) is 0 Å². The third kappa shape index (κ3) is 4.32. The maximum Gasteiger partial charge on any atom is 0.280 e. The Balaban J connectivity index is 1.90. The molecule has 3 rings (SSSR count). The molecule has 11 nitrogen and oxygen atoms in total. The van der Waals surface area contributed by atoms with Gasteiger partial charge in [0.15, 0.2) is 11.5 Å². The summed E-state index contributed by atoms with van der Waals surface area (Å²) in [4.78, 5) is 22.9. The number of ether oxygens (including phenoxy) is 2. The molecule has 0 radical (unpaired) electrons. The molecule has 12 heteroatoms. The normalized spacial score (nSPS) is 12.9. The maximum atomic E-state index is 12.4. The molecule has 1 aliphatic heterocycles. The van der Waals surface area contributed by atoms with Crippen molar-refractivity contribution in [1.29, 1.82) is 5.26 Å². The van der Waals surface area contributed by atoms with Crippen LogP contribution in [0.1, 0.15) is 5.56 Å². The highest BCUT2D eigenvalue weighted by Gasteiger charge is 2.23. The topological polar surface area (TPSA) is 175 Å². The van der Waals surface area contributed by atoms with Gasteiger partial charge in [0.1, 0.15) is 11.6 Å². The van der Waals surface area contributed by atoms with Crippen molar-refractivity contribution in [3.8, 4) is 17.6 Å². The predicted molar refractivity (Wildman–Crippen MR) is 99.3 cm³/mol. The van der Waals surface area contributed by atoms with Crippen molar-refractivity contribution in [2.24, 2.45) is 5.14 Å². The number of nitrogens with two attached hydrogens (primary N) is 1. The number of nitro benzene ring substituents is 1. The predicted octanol–water partition coefficient (Wildman–Crippen LogP) is 1.52. The lowest BCUT2D eigenvalue weighted by atomic mass is 10.1. The number of primary sulfonamides is 1. The Hall–Kier alpha value is -3.95. The van der Waals surface area contributed by atoms with Crippen molar-refractivity contribution in [3.63, 3.8) is 0 Å². The Bertz CT molecular complexity index is 1180. The van der Waals surface area contributed by atoms with Gasteiger partial charge in [0, 0.05) is 5.69 Å². The summed E-state index contributed by atoms with van der Waals surface area (Å²) >= 11 is 0. The van der Waals surface area contributed by atoms with Crippen LogP contribution in [0.25, 0.3) is 6.08 Å². The average Bonchev–Trinajstić information content (AvgIpc) is 3.12. The zero-order valence-corrected chi connectivity index (χ0v) is 15.3. The van der Waals surface area contributed by atoms with E-state index in [0.717, 1.165) is 12.1 Å². The number of nitriles is 1. The summed E-state index contributed by atoms with van der Waals surface area (Å²) in [5.74, 6) is -0.410. The number of benzene rings is 2. The first kappa shape index (κ1) is 19.8. The lowest BCUT2D eigenvalue weighted by Crippen LogP contribution is -2.14. The molecule has 29 heavy (non-hydrogen) atoms. The molecule has 0 spiro atoms. The maximum absolute atomic E-state index is 12.4. The van der Waals surface area contributed by atoms with Crippen LogP contribution in [0.15, 0.2) is 46.9 Å². The summed E-state index contributed by atoms with van der Waals surface area (Å²) in [7, 11) is -3.89. The number of nitrogens with zero attached hydrogens (tertiary/aromatic N) is 2. The second-order valence-corrected chi connectivity index (χ2v) is 7.28. The molecule has 0 aliphatic carbocycles. The molecule has 2 aromatic rings. The number of nitrogens with one attached hydrogen (secondary N) is 1. The van der Waals surface area contributed by atoms with Crippen LogP contribution in [-0.4, -0.2) is 26.0 Å². The molecule has 0 saturated heterocycles. The van der Waals surface area contributed by atoms with Crippen molar-refractivity contribution in [2.45, 2.75) is 4.90 Å². The number of nitro groups is 1. The minimum absolute atomic E-state index is 0.0180. The van der Waals surface area contributed by atoms with Crippen LogP contribution in [0.3, 0.4) is 0 Å². The van der Waals surface area contributed by atoms with E-state index in [0.29, 0.717) is 0 Å². The van der Waals surface area contributed by atoms with Gasteiger partial charge < -0.3 is 14.8 Å². The first-order chi connectivity index (χ1) is 13.7. The molecular weight excluding hydrogens is 404 g/mol. The van der Waals surface area contributed by atoms with Crippen LogP contribution >= 0.6 is 0 Å². The second kappa shape index (κ2) is 7.58. The van der Waals surface area contributed by atoms with E-state index in [1.807, 2.05) is 0 Å². The van der Waals surface area contributed by atoms with Gasteiger partial charge in [-0.05, 0) is 36.4 Å². The zero-order valence-electron chi connectivity index (χ0n) is 14.5. The Morgan fingerprint density at radius 2 is 1.86 bits per heavy atom. The van der Waals surface area contributed by atoms with Crippen molar-refractivity contribution in [3.05, 3.63) is 57.6 Å². The molecule has 0 bridgehead atoms. The van der Waals surface area contributed by atoms with Gasteiger partial charge in [0.25, 0.3) is 11.6 Å². The number of rotatable bonds is 5. The molecular formula is C17H12N4O7S. The molecule has 0 saturated carbocycles. The highest BCUT2D eigenvalue weighted by molar-refractivity contribution is 7.89. The number of amides is 1. The minimum Gasteiger partial charge on any atom is -0.454 e. The highest BCUT2D eigenvalue weighted by Crippen LogP contribution is 2.38. The number of anilines is 1. The van der Waals surface area contributed by atoms with Crippen molar-refractivity contribution < 1.29 is 27.6 Å². The van der Waals surface area contributed by atoms with Crippen LogP contribution in [0.5, 0.6) is 11.5 Å².